The summed E-state index contributed by atoms with van der Waals surface area (Å²) in [5.74, 6) is 0.902. The Morgan fingerprint density at radius 2 is 2.17 bits per heavy atom. The molecule has 0 bridgehead atoms. The maximum atomic E-state index is 11.3. The Bertz CT molecular complexity index is 605. The van der Waals surface area contributed by atoms with Gasteiger partial charge in [0, 0.05) is 23.2 Å². The van der Waals surface area contributed by atoms with E-state index in [0.29, 0.717) is 22.3 Å². The lowest BCUT2D eigenvalue weighted by atomic mass is 10.1. The van der Waals surface area contributed by atoms with E-state index >= 15 is 0 Å². The molecule has 1 heterocycles. The Morgan fingerprint density at radius 1 is 1.44 bits per heavy atom. The van der Waals surface area contributed by atoms with Crippen LogP contribution < -0.4 is 4.74 Å². The molecule has 0 amide bonds. The van der Waals surface area contributed by atoms with E-state index in [0.717, 1.165) is 11.3 Å². The minimum absolute atomic E-state index is 0.106. The highest BCUT2D eigenvalue weighted by molar-refractivity contribution is 6.31. The van der Waals surface area contributed by atoms with Crippen molar-refractivity contribution in [3.05, 3.63) is 34.7 Å². The van der Waals surface area contributed by atoms with E-state index in [1.165, 1.54) is 6.92 Å². The number of carbonyl (C=O) groups is 1. The SMILES string of the molecule is COc1ccc(Cl)cc1-c1nc(C(C)=O)[nH]c1C. The molecule has 0 aliphatic rings. The van der Waals surface area contributed by atoms with Crippen molar-refractivity contribution in [2.45, 2.75) is 13.8 Å². The number of carbonyl (C=O) groups excluding carboxylic acids is 1. The Hall–Kier alpha value is -1.81. The number of imidazole rings is 1. The first kappa shape index (κ1) is 12.6. The van der Waals surface area contributed by atoms with Crippen molar-refractivity contribution in [2.75, 3.05) is 7.11 Å². The molecule has 4 nitrogen and oxygen atoms in total. The second-order valence-corrected chi connectivity index (χ2v) is 4.40. The molecule has 0 aliphatic heterocycles. The summed E-state index contributed by atoms with van der Waals surface area (Å²) in [4.78, 5) is 18.6. The van der Waals surface area contributed by atoms with Gasteiger partial charge in [0.05, 0.1) is 12.8 Å². The number of halogens is 1. The molecule has 2 aromatic rings. The zero-order valence-electron chi connectivity index (χ0n) is 10.4. The number of aromatic amines is 1. The number of Topliss-reactive ketones (excluding diaryl/α,β-unsaturated/α-hetero) is 1. The molecule has 0 fully saturated rings. The molecule has 0 atom stereocenters. The van der Waals surface area contributed by atoms with Crippen LogP contribution in [0.1, 0.15) is 23.2 Å². The van der Waals surface area contributed by atoms with Crippen molar-refractivity contribution in [3.63, 3.8) is 0 Å². The largest absolute Gasteiger partial charge is 0.496 e. The molecule has 0 radical (unpaired) electrons. The highest BCUT2D eigenvalue weighted by Gasteiger charge is 2.15. The number of methoxy groups -OCH3 is 1. The van der Waals surface area contributed by atoms with Crippen molar-refractivity contribution < 1.29 is 9.53 Å². The minimum Gasteiger partial charge on any atom is -0.496 e. The predicted molar refractivity (Wildman–Crippen MR) is 70.3 cm³/mol. The normalized spacial score (nSPS) is 10.4. The van der Waals surface area contributed by atoms with E-state index < -0.39 is 0 Å². The van der Waals surface area contributed by atoms with Crippen LogP contribution in [-0.4, -0.2) is 22.9 Å². The lowest BCUT2D eigenvalue weighted by Crippen LogP contribution is -1.94. The summed E-state index contributed by atoms with van der Waals surface area (Å²) in [6, 6.07) is 5.30. The van der Waals surface area contributed by atoms with Gasteiger partial charge in [0.2, 0.25) is 0 Å². The van der Waals surface area contributed by atoms with Crippen LogP contribution in [0.3, 0.4) is 0 Å². The van der Waals surface area contributed by atoms with Gasteiger partial charge in [-0.15, -0.1) is 0 Å². The molecule has 0 unspecified atom stereocenters. The number of nitrogens with zero attached hydrogens (tertiary/aromatic N) is 1. The zero-order chi connectivity index (χ0) is 13.3. The van der Waals surface area contributed by atoms with Crippen LogP contribution in [0.4, 0.5) is 0 Å². The topological polar surface area (TPSA) is 55.0 Å². The number of H-pyrrole nitrogens is 1. The van der Waals surface area contributed by atoms with Gasteiger partial charge in [-0.1, -0.05) is 11.6 Å². The molecular weight excluding hydrogens is 252 g/mol. The van der Waals surface area contributed by atoms with E-state index in [9.17, 15) is 4.79 Å². The fourth-order valence-corrected chi connectivity index (χ4v) is 1.93. The van der Waals surface area contributed by atoms with Gasteiger partial charge in [0.25, 0.3) is 0 Å². The van der Waals surface area contributed by atoms with Crippen LogP contribution in [-0.2, 0) is 0 Å². The van der Waals surface area contributed by atoms with Crippen LogP contribution in [0.2, 0.25) is 5.02 Å². The van der Waals surface area contributed by atoms with Crippen molar-refractivity contribution in [2.24, 2.45) is 0 Å². The lowest BCUT2D eigenvalue weighted by Gasteiger charge is -2.07. The van der Waals surface area contributed by atoms with Gasteiger partial charge in [-0.3, -0.25) is 4.79 Å². The summed E-state index contributed by atoms with van der Waals surface area (Å²) in [5.41, 5.74) is 2.26. The second kappa shape index (κ2) is 4.82. The molecule has 0 saturated heterocycles. The number of benzene rings is 1. The van der Waals surface area contributed by atoms with Crippen LogP contribution >= 0.6 is 11.6 Å². The molecule has 5 heteroatoms. The summed E-state index contributed by atoms with van der Waals surface area (Å²) in [5, 5.41) is 0.595. The van der Waals surface area contributed by atoms with E-state index in [1.54, 1.807) is 25.3 Å². The number of aryl methyl sites for hydroxylation is 1. The van der Waals surface area contributed by atoms with Gasteiger partial charge in [0.15, 0.2) is 11.6 Å². The smallest absolute Gasteiger partial charge is 0.195 e. The fourth-order valence-electron chi connectivity index (χ4n) is 1.75. The summed E-state index contributed by atoms with van der Waals surface area (Å²) < 4.78 is 5.28. The molecule has 1 aromatic heterocycles. The maximum Gasteiger partial charge on any atom is 0.195 e. The first-order chi connectivity index (χ1) is 8.52. The predicted octanol–water partition coefficient (Wildman–Crippen LogP) is 3.25. The number of aromatic nitrogens is 2. The third kappa shape index (κ3) is 2.24. The monoisotopic (exact) mass is 264 g/mol. The van der Waals surface area contributed by atoms with Crippen LogP contribution in [0.25, 0.3) is 11.3 Å². The van der Waals surface area contributed by atoms with Crippen molar-refractivity contribution in [3.8, 4) is 17.0 Å². The Morgan fingerprint density at radius 3 is 2.72 bits per heavy atom. The van der Waals surface area contributed by atoms with Crippen LogP contribution in [0.15, 0.2) is 18.2 Å². The second-order valence-electron chi connectivity index (χ2n) is 3.96. The summed E-state index contributed by atoms with van der Waals surface area (Å²) in [6.45, 7) is 3.33. The van der Waals surface area contributed by atoms with Gasteiger partial charge < -0.3 is 9.72 Å². The van der Waals surface area contributed by atoms with Gasteiger partial charge in [-0.05, 0) is 25.1 Å². The molecule has 0 aliphatic carbocycles. The van der Waals surface area contributed by atoms with Crippen molar-refractivity contribution in [1.82, 2.24) is 9.97 Å². The molecule has 1 aromatic carbocycles. The fraction of sp³-hybridized carbons (Fsp3) is 0.231. The zero-order valence-corrected chi connectivity index (χ0v) is 11.1. The Kier molecular flexibility index (Phi) is 3.39. The van der Waals surface area contributed by atoms with Crippen LogP contribution in [0, 0.1) is 6.92 Å². The summed E-state index contributed by atoms with van der Waals surface area (Å²) >= 11 is 5.98. The van der Waals surface area contributed by atoms with E-state index in [4.69, 9.17) is 16.3 Å². The number of nitrogens with one attached hydrogen (secondary N) is 1. The van der Waals surface area contributed by atoms with E-state index in [-0.39, 0.29) is 5.78 Å². The number of hydrogen-bond acceptors (Lipinski definition) is 3. The van der Waals surface area contributed by atoms with Crippen molar-refractivity contribution >= 4 is 17.4 Å². The number of rotatable bonds is 3. The molecule has 94 valence electrons. The molecular formula is C13H13ClN2O2. The molecule has 18 heavy (non-hydrogen) atoms. The molecule has 1 N–H and O–H groups in total. The number of hydrogen-bond donors (Lipinski definition) is 1. The highest BCUT2D eigenvalue weighted by Crippen LogP contribution is 2.33. The average molecular weight is 265 g/mol. The molecule has 2 rings (SSSR count). The van der Waals surface area contributed by atoms with E-state index in [1.807, 2.05) is 6.92 Å². The first-order valence-electron chi connectivity index (χ1n) is 5.44. The number of ether oxygens (including phenoxy) is 1. The summed E-state index contributed by atoms with van der Waals surface area (Å²) in [6.07, 6.45) is 0. The summed E-state index contributed by atoms with van der Waals surface area (Å²) in [7, 11) is 1.58. The first-order valence-corrected chi connectivity index (χ1v) is 5.82. The Balaban J connectivity index is 2.60. The van der Waals surface area contributed by atoms with Gasteiger partial charge in [0.1, 0.15) is 5.75 Å². The number of ketones is 1. The van der Waals surface area contributed by atoms with Gasteiger partial charge in [-0.25, -0.2) is 4.98 Å². The van der Waals surface area contributed by atoms with Crippen LogP contribution in [0.5, 0.6) is 5.75 Å². The molecule has 0 spiro atoms. The third-order valence-electron chi connectivity index (χ3n) is 2.63. The van der Waals surface area contributed by atoms with Gasteiger partial charge >= 0.3 is 0 Å². The standard InChI is InChI=1S/C13H13ClN2O2/c1-7-12(16-13(15-7)8(2)17)10-6-9(14)4-5-11(10)18-3/h4-6H,1-3H3,(H,15,16). The molecule has 0 saturated carbocycles. The lowest BCUT2D eigenvalue weighted by molar-refractivity contribution is 0.100. The quantitative estimate of drug-likeness (QED) is 0.866. The van der Waals surface area contributed by atoms with E-state index in [2.05, 4.69) is 9.97 Å². The van der Waals surface area contributed by atoms with Gasteiger partial charge in [-0.2, -0.15) is 0 Å². The Labute approximate surface area is 110 Å². The van der Waals surface area contributed by atoms with Crippen molar-refractivity contribution in [1.29, 1.82) is 0 Å². The third-order valence-corrected chi connectivity index (χ3v) is 2.87. The maximum absolute atomic E-state index is 11.3. The highest BCUT2D eigenvalue weighted by atomic mass is 35.5. The average Bonchev–Trinajstić information content (AvgIpc) is 2.71. The minimum atomic E-state index is -0.106.